The highest BCUT2D eigenvalue weighted by atomic mass is 16.5. The number of hydrogen-bond donors (Lipinski definition) is 2. The van der Waals surface area contributed by atoms with Crippen LogP contribution in [0.3, 0.4) is 0 Å². The largest absolute Gasteiger partial charge is 0.493 e. The molecule has 7 heteroatoms. The third-order valence-corrected chi connectivity index (χ3v) is 3.52. The van der Waals surface area contributed by atoms with E-state index in [-0.39, 0.29) is 6.04 Å². The van der Waals surface area contributed by atoms with E-state index >= 15 is 0 Å². The number of aromatic nitrogens is 2. The Kier molecular flexibility index (Phi) is 6.80. The minimum atomic E-state index is 0.0924. The van der Waals surface area contributed by atoms with Crippen LogP contribution in [-0.2, 0) is 6.54 Å². The van der Waals surface area contributed by atoms with Crippen LogP contribution in [0, 0.1) is 12.8 Å². The second-order valence-electron chi connectivity index (χ2n) is 6.30. The first-order chi connectivity index (χ1) is 12.0. The fourth-order valence-electron chi connectivity index (χ4n) is 2.17. The molecule has 1 aromatic heterocycles. The first-order valence-corrected chi connectivity index (χ1v) is 8.47. The predicted octanol–water partition coefficient (Wildman–Crippen LogP) is 2.84. The predicted molar refractivity (Wildman–Crippen MR) is 97.6 cm³/mol. The van der Waals surface area contributed by atoms with E-state index in [1.165, 1.54) is 0 Å². The number of rotatable bonds is 7. The molecule has 1 aromatic carbocycles. The van der Waals surface area contributed by atoms with Crippen LogP contribution in [0.25, 0.3) is 0 Å². The van der Waals surface area contributed by atoms with Crippen molar-refractivity contribution in [1.82, 2.24) is 20.8 Å². The molecule has 0 saturated heterocycles. The molecule has 1 atom stereocenters. The molecular formula is C18H27N5O2. The van der Waals surface area contributed by atoms with E-state index in [0.29, 0.717) is 30.1 Å². The van der Waals surface area contributed by atoms with E-state index in [1.54, 1.807) is 14.0 Å². The number of aryl methyl sites for hydroxylation is 1. The maximum atomic E-state index is 5.71. The average molecular weight is 345 g/mol. The summed E-state index contributed by atoms with van der Waals surface area (Å²) in [6.07, 6.45) is 0. The maximum absolute atomic E-state index is 5.71. The minimum absolute atomic E-state index is 0.0924. The smallest absolute Gasteiger partial charge is 0.246 e. The first kappa shape index (κ1) is 18.8. The quantitative estimate of drug-likeness (QED) is 0.593. The SMILES string of the molecule is CN=C(NCc1nc(C)no1)NC(C)c1ccc(OCC(C)C)cc1. The summed E-state index contributed by atoms with van der Waals surface area (Å²) < 4.78 is 10.8. The molecule has 0 aliphatic heterocycles. The van der Waals surface area contributed by atoms with Crippen molar-refractivity contribution in [3.05, 3.63) is 41.5 Å². The monoisotopic (exact) mass is 345 g/mol. The van der Waals surface area contributed by atoms with Crippen LogP contribution in [-0.4, -0.2) is 29.8 Å². The van der Waals surface area contributed by atoms with Crippen LogP contribution in [0.15, 0.2) is 33.8 Å². The fourth-order valence-corrected chi connectivity index (χ4v) is 2.17. The van der Waals surface area contributed by atoms with Gasteiger partial charge in [-0.1, -0.05) is 31.1 Å². The van der Waals surface area contributed by atoms with Crippen molar-refractivity contribution in [2.45, 2.75) is 40.3 Å². The second kappa shape index (κ2) is 9.05. The average Bonchev–Trinajstić information content (AvgIpc) is 3.02. The molecule has 0 amide bonds. The molecule has 2 aromatic rings. The van der Waals surface area contributed by atoms with E-state index in [9.17, 15) is 0 Å². The van der Waals surface area contributed by atoms with Gasteiger partial charge >= 0.3 is 0 Å². The Morgan fingerprint density at radius 2 is 1.96 bits per heavy atom. The lowest BCUT2D eigenvalue weighted by molar-refractivity contribution is 0.271. The summed E-state index contributed by atoms with van der Waals surface area (Å²) in [4.78, 5) is 8.38. The van der Waals surface area contributed by atoms with Gasteiger partial charge in [0.05, 0.1) is 19.2 Å². The van der Waals surface area contributed by atoms with Crippen LogP contribution < -0.4 is 15.4 Å². The maximum Gasteiger partial charge on any atom is 0.246 e. The van der Waals surface area contributed by atoms with Crippen LogP contribution >= 0.6 is 0 Å². The number of ether oxygens (including phenoxy) is 1. The lowest BCUT2D eigenvalue weighted by Gasteiger charge is -2.18. The van der Waals surface area contributed by atoms with Crippen LogP contribution in [0.2, 0.25) is 0 Å². The molecule has 25 heavy (non-hydrogen) atoms. The van der Waals surface area contributed by atoms with E-state index in [1.807, 2.05) is 12.1 Å². The van der Waals surface area contributed by atoms with Crippen molar-refractivity contribution in [2.75, 3.05) is 13.7 Å². The Hall–Kier alpha value is -2.57. The number of nitrogens with zero attached hydrogens (tertiary/aromatic N) is 3. The lowest BCUT2D eigenvalue weighted by atomic mass is 10.1. The highest BCUT2D eigenvalue weighted by molar-refractivity contribution is 5.80. The Morgan fingerprint density at radius 1 is 1.24 bits per heavy atom. The Balaban J connectivity index is 1.87. The van der Waals surface area contributed by atoms with Gasteiger partial charge < -0.3 is 19.9 Å². The number of nitrogens with one attached hydrogen (secondary N) is 2. The van der Waals surface area contributed by atoms with Crippen LogP contribution in [0.4, 0.5) is 0 Å². The number of guanidine groups is 1. The van der Waals surface area contributed by atoms with Gasteiger partial charge in [0.1, 0.15) is 5.75 Å². The van der Waals surface area contributed by atoms with Crippen molar-refractivity contribution >= 4 is 5.96 Å². The highest BCUT2D eigenvalue weighted by Crippen LogP contribution is 2.18. The Morgan fingerprint density at radius 3 is 2.52 bits per heavy atom. The van der Waals surface area contributed by atoms with Gasteiger partial charge in [-0.2, -0.15) is 4.98 Å². The van der Waals surface area contributed by atoms with Crippen molar-refractivity contribution in [3.8, 4) is 5.75 Å². The van der Waals surface area contributed by atoms with Gasteiger partial charge in [-0.25, -0.2) is 0 Å². The summed E-state index contributed by atoms with van der Waals surface area (Å²) in [5, 5.41) is 10.3. The van der Waals surface area contributed by atoms with Gasteiger partial charge in [0.2, 0.25) is 5.89 Å². The Labute approximate surface area is 148 Å². The van der Waals surface area contributed by atoms with E-state index < -0.39 is 0 Å². The van der Waals surface area contributed by atoms with Crippen molar-refractivity contribution < 1.29 is 9.26 Å². The molecule has 7 nitrogen and oxygen atoms in total. The summed E-state index contributed by atoms with van der Waals surface area (Å²) in [5.74, 6) is 3.22. The lowest BCUT2D eigenvalue weighted by Crippen LogP contribution is -2.38. The summed E-state index contributed by atoms with van der Waals surface area (Å²) in [7, 11) is 1.73. The molecule has 0 saturated carbocycles. The number of benzene rings is 1. The van der Waals surface area contributed by atoms with Gasteiger partial charge in [-0.3, -0.25) is 4.99 Å². The zero-order valence-electron chi connectivity index (χ0n) is 15.5. The molecule has 0 fully saturated rings. The molecule has 0 radical (unpaired) electrons. The summed E-state index contributed by atoms with van der Waals surface area (Å²) in [6.45, 7) is 9.28. The van der Waals surface area contributed by atoms with Gasteiger partial charge in [-0.05, 0) is 37.5 Å². The minimum Gasteiger partial charge on any atom is -0.493 e. The van der Waals surface area contributed by atoms with Gasteiger partial charge in [0, 0.05) is 7.05 Å². The van der Waals surface area contributed by atoms with Crippen molar-refractivity contribution in [3.63, 3.8) is 0 Å². The number of aliphatic imine (C=N–C) groups is 1. The Bertz CT molecular complexity index is 679. The highest BCUT2D eigenvalue weighted by Gasteiger charge is 2.10. The molecule has 2 N–H and O–H groups in total. The molecular weight excluding hydrogens is 318 g/mol. The molecule has 1 heterocycles. The standard InChI is InChI=1S/C18H27N5O2/c1-12(2)11-24-16-8-6-15(7-9-16)13(3)21-18(19-5)20-10-17-22-14(4)23-25-17/h6-9,12-13H,10-11H2,1-5H3,(H2,19,20,21). The molecule has 136 valence electrons. The normalized spacial score (nSPS) is 13.0. The number of hydrogen-bond acceptors (Lipinski definition) is 5. The van der Waals surface area contributed by atoms with Crippen LogP contribution in [0.1, 0.15) is 44.1 Å². The topological polar surface area (TPSA) is 84.6 Å². The summed E-state index contributed by atoms with van der Waals surface area (Å²) in [6, 6.07) is 8.19. The van der Waals surface area contributed by atoms with E-state index in [0.717, 1.165) is 17.9 Å². The fraction of sp³-hybridized carbons (Fsp3) is 0.500. The third kappa shape index (κ3) is 6.10. The zero-order valence-corrected chi connectivity index (χ0v) is 15.5. The molecule has 1 unspecified atom stereocenters. The molecule has 2 rings (SSSR count). The van der Waals surface area contributed by atoms with Gasteiger partial charge in [-0.15, -0.1) is 0 Å². The van der Waals surface area contributed by atoms with Crippen molar-refractivity contribution in [2.24, 2.45) is 10.9 Å². The molecule has 0 bridgehead atoms. The summed E-state index contributed by atoms with van der Waals surface area (Å²) >= 11 is 0. The molecule has 0 aliphatic rings. The van der Waals surface area contributed by atoms with Gasteiger partial charge in [0.25, 0.3) is 0 Å². The van der Waals surface area contributed by atoms with Crippen molar-refractivity contribution in [1.29, 1.82) is 0 Å². The van der Waals surface area contributed by atoms with Crippen LogP contribution in [0.5, 0.6) is 5.75 Å². The first-order valence-electron chi connectivity index (χ1n) is 8.47. The third-order valence-electron chi connectivity index (χ3n) is 3.52. The van der Waals surface area contributed by atoms with Gasteiger partial charge in [0.15, 0.2) is 11.8 Å². The second-order valence-corrected chi connectivity index (χ2v) is 6.30. The summed E-state index contributed by atoms with van der Waals surface area (Å²) in [5.41, 5.74) is 1.15. The van der Waals surface area contributed by atoms with E-state index in [4.69, 9.17) is 9.26 Å². The molecule has 0 spiro atoms. The van der Waals surface area contributed by atoms with E-state index in [2.05, 4.69) is 58.7 Å². The molecule has 0 aliphatic carbocycles. The zero-order chi connectivity index (χ0) is 18.2.